The number of aliphatic hydroxyl groups excluding tert-OH is 1. The van der Waals surface area contributed by atoms with Crippen molar-refractivity contribution in [2.24, 2.45) is 11.5 Å². The Labute approximate surface area is 235 Å². The van der Waals surface area contributed by atoms with Gasteiger partial charge in [-0.3, -0.25) is 29.3 Å². The summed E-state index contributed by atoms with van der Waals surface area (Å²) in [6, 6.07) is 12.1. The van der Waals surface area contributed by atoms with Crippen LogP contribution in [0.25, 0.3) is 21.9 Å². The summed E-state index contributed by atoms with van der Waals surface area (Å²) < 4.78 is 0. The molecule has 2 aliphatic rings. The Morgan fingerprint density at radius 2 is 1.80 bits per heavy atom. The quantitative estimate of drug-likeness (QED) is 0.324. The third kappa shape index (κ3) is 4.39. The first-order valence-electron chi connectivity index (χ1n) is 13.4. The number of nitrogens with two attached hydrogens (primary N) is 2. The Bertz CT molecular complexity index is 1670. The molecule has 0 bridgehead atoms. The highest BCUT2D eigenvalue weighted by atomic mass is 16.3. The van der Waals surface area contributed by atoms with Crippen LogP contribution in [0.5, 0.6) is 0 Å². The number of carbonyl (C=O) groups excluding carboxylic acids is 3. The van der Waals surface area contributed by atoms with Gasteiger partial charge in [-0.15, -0.1) is 0 Å². The van der Waals surface area contributed by atoms with Gasteiger partial charge in [0, 0.05) is 48.2 Å². The van der Waals surface area contributed by atoms with Crippen molar-refractivity contribution in [2.75, 3.05) is 24.6 Å². The van der Waals surface area contributed by atoms with Gasteiger partial charge in [0.15, 0.2) is 0 Å². The van der Waals surface area contributed by atoms with Crippen LogP contribution in [0.2, 0.25) is 0 Å². The first kappa shape index (κ1) is 26.5. The monoisotopic (exact) mass is 551 g/mol. The van der Waals surface area contributed by atoms with Gasteiger partial charge in [-0.2, -0.15) is 0 Å². The number of primary amides is 1. The van der Waals surface area contributed by atoms with E-state index in [1.165, 1.54) is 0 Å². The molecule has 5 N–H and O–H groups in total. The molecule has 1 aromatic carbocycles. The fourth-order valence-electron chi connectivity index (χ4n) is 6.03. The molecule has 3 amide bonds. The SMILES string of the molecule is NC(=O)c1ccc(-c2c(CN3C(=O)C4(CCN(C(=O)[C@@H](N)CO)CC4)c4ccncc43)ncc3ccccc23)cn1. The van der Waals surface area contributed by atoms with E-state index in [4.69, 9.17) is 16.5 Å². The van der Waals surface area contributed by atoms with Crippen LogP contribution in [0.1, 0.15) is 34.6 Å². The minimum Gasteiger partial charge on any atom is -0.394 e. The first-order chi connectivity index (χ1) is 19.8. The van der Waals surface area contributed by atoms with Gasteiger partial charge in [0.2, 0.25) is 11.8 Å². The molecule has 1 atom stereocenters. The van der Waals surface area contributed by atoms with Crippen molar-refractivity contribution in [3.63, 3.8) is 0 Å². The molecule has 3 aromatic heterocycles. The standard InChI is InChI=1S/C30H29N7O4/c31-22(17-38)28(40)36-11-8-30(9-12-36)21-7-10-33-15-25(21)37(29(30)41)16-24-26(19-5-6-23(27(32)39)34-14-19)20-4-2-1-3-18(20)13-35-24/h1-7,10,13-15,22,38H,8-9,11-12,16-17,31H2,(H2,32,39)/t22-/m0/s1. The largest absolute Gasteiger partial charge is 0.394 e. The number of hydrogen-bond acceptors (Lipinski definition) is 8. The van der Waals surface area contributed by atoms with E-state index in [9.17, 15) is 19.5 Å². The molecule has 5 heterocycles. The summed E-state index contributed by atoms with van der Waals surface area (Å²) in [6.45, 7) is 0.467. The Morgan fingerprint density at radius 1 is 1.02 bits per heavy atom. The number of aliphatic hydroxyl groups is 1. The van der Waals surface area contributed by atoms with Crippen molar-refractivity contribution < 1.29 is 19.5 Å². The van der Waals surface area contributed by atoms with E-state index in [2.05, 4.69) is 9.97 Å². The number of anilines is 1. The van der Waals surface area contributed by atoms with Crippen molar-refractivity contribution in [2.45, 2.75) is 30.8 Å². The van der Waals surface area contributed by atoms with E-state index in [1.807, 2.05) is 30.3 Å². The maximum absolute atomic E-state index is 14.3. The van der Waals surface area contributed by atoms with Crippen LogP contribution in [0.3, 0.4) is 0 Å². The lowest BCUT2D eigenvalue weighted by Crippen LogP contribution is -2.53. The van der Waals surface area contributed by atoms with Gasteiger partial charge in [-0.1, -0.05) is 30.3 Å². The van der Waals surface area contributed by atoms with Gasteiger partial charge in [0.1, 0.15) is 11.7 Å². The molecule has 2 aliphatic heterocycles. The highest BCUT2D eigenvalue weighted by Gasteiger charge is 2.52. The number of benzene rings is 1. The maximum Gasteiger partial charge on any atom is 0.267 e. The average molecular weight is 552 g/mol. The third-order valence-corrected chi connectivity index (χ3v) is 8.19. The summed E-state index contributed by atoms with van der Waals surface area (Å²) in [7, 11) is 0. The molecule has 11 heteroatoms. The molecular formula is C30H29N7O4. The van der Waals surface area contributed by atoms with Gasteiger partial charge in [-0.25, -0.2) is 0 Å². The van der Waals surface area contributed by atoms with Crippen LogP contribution in [0.15, 0.2) is 67.3 Å². The summed E-state index contributed by atoms with van der Waals surface area (Å²) in [5, 5.41) is 11.2. The lowest BCUT2D eigenvalue weighted by Gasteiger charge is -2.39. The fourth-order valence-corrected chi connectivity index (χ4v) is 6.03. The van der Waals surface area contributed by atoms with Crippen molar-refractivity contribution in [3.8, 4) is 11.1 Å². The number of amides is 3. The van der Waals surface area contributed by atoms with E-state index >= 15 is 0 Å². The predicted molar refractivity (Wildman–Crippen MR) is 151 cm³/mol. The molecule has 0 radical (unpaired) electrons. The minimum absolute atomic E-state index is 0.0674. The van der Waals surface area contributed by atoms with E-state index < -0.39 is 24.0 Å². The smallest absolute Gasteiger partial charge is 0.267 e. The molecule has 1 fully saturated rings. The Hall–Kier alpha value is -4.74. The second kappa shape index (κ2) is 10.3. The Kier molecular flexibility index (Phi) is 6.68. The van der Waals surface area contributed by atoms with Gasteiger partial charge in [0.05, 0.1) is 36.1 Å². The summed E-state index contributed by atoms with van der Waals surface area (Å²) in [4.78, 5) is 55.2. The minimum atomic E-state index is -0.972. The van der Waals surface area contributed by atoms with E-state index in [0.29, 0.717) is 37.3 Å². The zero-order chi connectivity index (χ0) is 28.7. The average Bonchev–Trinajstić information content (AvgIpc) is 3.23. The zero-order valence-electron chi connectivity index (χ0n) is 22.2. The Morgan fingerprint density at radius 3 is 2.51 bits per heavy atom. The summed E-state index contributed by atoms with van der Waals surface area (Å²) in [6.07, 6.45) is 7.63. The van der Waals surface area contributed by atoms with Crippen molar-refractivity contribution in [1.29, 1.82) is 0 Å². The van der Waals surface area contributed by atoms with Gasteiger partial charge < -0.3 is 26.4 Å². The number of nitrogens with zero attached hydrogens (tertiary/aromatic N) is 5. The Balaban J connectivity index is 1.38. The van der Waals surface area contributed by atoms with Crippen LogP contribution in [0, 0.1) is 0 Å². The number of rotatable bonds is 6. The molecule has 1 saturated heterocycles. The summed E-state index contributed by atoms with van der Waals surface area (Å²) in [5.74, 6) is -1.00. The molecule has 0 aliphatic carbocycles. The van der Waals surface area contributed by atoms with Gasteiger partial charge in [-0.05, 0) is 35.9 Å². The molecular weight excluding hydrogens is 522 g/mol. The normalized spacial score (nSPS) is 16.7. The molecule has 0 saturated carbocycles. The topological polar surface area (TPSA) is 169 Å². The molecule has 1 spiro atoms. The number of aromatic nitrogens is 3. The lowest BCUT2D eigenvalue weighted by atomic mass is 9.74. The summed E-state index contributed by atoms with van der Waals surface area (Å²) >= 11 is 0. The maximum atomic E-state index is 14.3. The summed E-state index contributed by atoms with van der Waals surface area (Å²) in [5.41, 5.74) is 14.3. The van der Waals surface area contributed by atoms with Crippen molar-refractivity contribution >= 4 is 34.2 Å². The number of carbonyl (C=O) groups is 3. The number of pyridine rings is 3. The molecule has 4 aromatic rings. The number of piperidine rings is 1. The van der Waals surface area contributed by atoms with Gasteiger partial charge in [0.25, 0.3) is 5.91 Å². The van der Waals surface area contributed by atoms with Crippen molar-refractivity contribution in [3.05, 3.63) is 84.2 Å². The third-order valence-electron chi connectivity index (χ3n) is 8.19. The molecule has 11 nitrogen and oxygen atoms in total. The van der Waals surface area contributed by atoms with E-state index in [-0.39, 0.29) is 24.1 Å². The van der Waals surface area contributed by atoms with Crippen LogP contribution < -0.4 is 16.4 Å². The van der Waals surface area contributed by atoms with E-state index in [1.54, 1.807) is 46.7 Å². The molecule has 208 valence electrons. The predicted octanol–water partition coefficient (Wildman–Crippen LogP) is 1.52. The fraction of sp³-hybridized carbons (Fsp3) is 0.267. The van der Waals surface area contributed by atoms with Gasteiger partial charge >= 0.3 is 0 Å². The highest BCUT2D eigenvalue weighted by molar-refractivity contribution is 6.08. The molecule has 0 unspecified atom stereocenters. The highest BCUT2D eigenvalue weighted by Crippen LogP contribution is 2.48. The first-order valence-corrected chi connectivity index (χ1v) is 13.4. The lowest BCUT2D eigenvalue weighted by molar-refractivity contribution is -0.137. The van der Waals surface area contributed by atoms with Crippen LogP contribution in [-0.2, 0) is 21.5 Å². The zero-order valence-corrected chi connectivity index (χ0v) is 22.2. The van der Waals surface area contributed by atoms with Crippen LogP contribution >= 0.6 is 0 Å². The van der Waals surface area contributed by atoms with Crippen molar-refractivity contribution in [1.82, 2.24) is 19.9 Å². The second-order valence-electron chi connectivity index (χ2n) is 10.4. The number of hydrogen-bond donors (Lipinski definition) is 3. The number of likely N-dealkylation sites (tertiary alicyclic amines) is 1. The van der Waals surface area contributed by atoms with E-state index in [0.717, 1.165) is 27.5 Å². The molecule has 6 rings (SSSR count). The molecule has 41 heavy (non-hydrogen) atoms. The van der Waals surface area contributed by atoms with Crippen LogP contribution in [0.4, 0.5) is 5.69 Å². The second-order valence-corrected chi connectivity index (χ2v) is 10.4. The number of fused-ring (bicyclic) bond motifs is 3. The van der Waals surface area contributed by atoms with Crippen LogP contribution in [-0.4, -0.2) is 68.4 Å².